The van der Waals surface area contributed by atoms with Crippen LogP contribution in [0.4, 0.5) is 5.95 Å². The van der Waals surface area contributed by atoms with E-state index in [-0.39, 0.29) is 0 Å². The fourth-order valence-corrected chi connectivity index (χ4v) is 2.79. The number of piperazine rings is 1. The van der Waals surface area contributed by atoms with Crippen molar-refractivity contribution in [1.29, 1.82) is 0 Å². The third-order valence-electron chi connectivity index (χ3n) is 4.13. The summed E-state index contributed by atoms with van der Waals surface area (Å²) in [6.45, 7) is 4.53. The van der Waals surface area contributed by atoms with Crippen LogP contribution in [0.15, 0.2) is 42.7 Å². The molecule has 0 aliphatic carbocycles. The van der Waals surface area contributed by atoms with Gasteiger partial charge in [0, 0.05) is 45.1 Å². The van der Waals surface area contributed by atoms with E-state index in [1.54, 1.807) is 23.4 Å². The molecule has 3 rings (SSSR count). The number of rotatable bonds is 3. The average Bonchev–Trinajstić information content (AvgIpc) is 2.66. The quantitative estimate of drug-likeness (QED) is 0.835. The molecular weight excluding hydrogens is 318 g/mol. The smallest absolute Gasteiger partial charge is 0.312 e. The lowest BCUT2D eigenvalue weighted by Gasteiger charge is -2.34. The van der Waals surface area contributed by atoms with Gasteiger partial charge in [0.25, 0.3) is 0 Å². The molecular formula is C18H21N5O2. The zero-order valence-corrected chi connectivity index (χ0v) is 14.2. The normalized spacial score (nSPS) is 14.3. The molecule has 1 saturated heterocycles. The third kappa shape index (κ3) is 4.32. The van der Waals surface area contributed by atoms with Crippen LogP contribution in [0, 0.1) is 6.92 Å². The van der Waals surface area contributed by atoms with Crippen LogP contribution in [0.1, 0.15) is 11.1 Å². The fraction of sp³-hybridized carbons (Fsp3) is 0.333. The number of hydrogen-bond donors (Lipinski definition) is 1. The monoisotopic (exact) mass is 339 g/mol. The molecule has 1 aromatic carbocycles. The molecule has 25 heavy (non-hydrogen) atoms. The first-order chi connectivity index (χ1) is 12.1. The molecule has 7 heteroatoms. The van der Waals surface area contributed by atoms with Crippen LogP contribution in [0.5, 0.6) is 0 Å². The van der Waals surface area contributed by atoms with Crippen molar-refractivity contribution < 1.29 is 9.59 Å². The lowest BCUT2D eigenvalue weighted by molar-refractivity contribution is -0.146. The number of carbonyl (C=O) groups is 2. The minimum atomic E-state index is -0.564. The van der Waals surface area contributed by atoms with E-state index in [0.29, 0.717) is 38.7 Å². The van der Waals surface area contributed by atoms with Gasteiger partial charge in [-0.1, -0.05) is 29.8 Å². The van der Waals surface area contributed by atoms with Crippen molar-refractivity contribution in [3.05, 3.63) is 53.9 Å². The highest BCUT2D eigenvalue weighted by atomic mass is 16.2. The lowest BCUT2D eigenvalue weighted by atomic mass is 10.1. The minimum absolute atomic E-state index is 0.351. The Morgan fingerprint density at radius 3 is 2.48 bits per heavy atom. The van der Waals surface area contributed by atoms with E-state index in [0.717, 1.165) is 11.1 Å². The van der Waals surface area contributed by atoms with E-state index in [9.17, 15) is 9.59 Å². The van der Waals surface area contributed by atoms with Crippen molar-refractivity contribution in [2.24, 2.45) is 0 Å². The molecule has 2 heterocycles. The van der Waals surface area contributed by atoms with Gasteiger partial charge in [-0.2, -0.15) is 0 Å². The summed E-state index contributed by atoms with van der Waals surface area (Å²) in [5, 5.41) is 2.70. The van der Waals surface area contributed by atoms with E-state index in [1.807, 2.05) is 36.1 Å². The Bertz CT molecular complexity index is 742. The van der Waals surface area contributed by atoms with Gasteiger partial charge in [-0.15, -0.1) is 0 Å². The fourth-order valence-electron chi connectivity index (χ4n) is 2.79. The summed E-state index contributed by atoms with van der Waals surface area (Å²) in [4.78, 5) is 36.4. The highest BCUT2D eigenvalue weighted by Crippen LogP contribution is 2.10. The SMILES string of the molecule is Cc1cccc(CNC(=O)C(=O)N2CCN(c3ncccn3)CC2)c1. The molecule has 0 saturated carbocycles. The van der Waals surface area contributed by atoms with E-state index in [4.69, 9.17) is 0 Å². The number of aromatic nitrogens is 2. The number of nitrogens with one attached hydrogen (secondary N) is 1. The molecule has 0 bridgehead atoms. The molecule has 1 aromatic heterocycles. The molecule has 1 N–H and O–H groups in total. The van der Waals surface area contributed by atoms with Crippen LogP contribution >= 0.6 is 0 Å². The molecule has 0 radical (unpaired) electrons. The molecule has 0 spiro atoms. The molecule has 7 nitrogen and oxygen atoms in total. The number of anilines is 1. The van der Waals surface area contributed by atoms with Crippen molar-refractivity contribution in [1.82, 2.24) is 20.2 Å². The molecule has 0 unspecified atom stereocenters. The van der Waals surface area contributed by atoms with Crippen LogP contribution in [0.2, 0.25) is 0 Å². The third-order valence-corrected chi connectivity index (χ3v) is 4.13. The van der Waals surface area contributed by atoms with Crippen LogP contribution in [-0.2, 0) is 16.1 Å². The first-order valence-electron chi connectivity index (χ1n) is 8.28. The average molecular weight is 339 g/mol. The van der Waals surface area contributed by atoms with Gasteiger partial charge in [-0.25, -0.2) is 9.97 Å². The van der Waals surface area contributed by atoms with Crippen molar-refractivity contribution in [2.45, 2.75) is 13.5 Å². The van der Waals surface area contributed by atoms with Crippen LogP contribution in [0.3, 0.4) is 0 Å². The molecule has 1 aliphatic rings. The second-order valence-electron chi connectivity index (χ2n) is 6.00. The van der Waals surface area contributed by atoms with Gasteiger partial charge in [0.2, 0.25) is 5.95 Å². The highest BCUT2D eigenvalue weighted by molar-refractivity contribution is 6.35. The van der Waals surface area contributed by atoms with Gasteiger partial charge >= 0.3 is 11.8 Å². The highest BCUT2D eigenvalue weighted by Gasteiger charge is 2.26. The summed E-state index contributed by atoms with van der Waals surface area (Å²) >= 11 is 0. The summed E-state index contributed by atoms with van der Waals surface area (Å²) in [5.41, 5.74) is 2.10. The van der Waals surface area contributed by atoms with Crippen LogP contribution in [-0.4, -0.2) is 52.9 Å². The van der Waals surface area contributed by atoms with E-state index < -0.39 is 11.8 Å². The Labute approximate surface area is 146 Å². The molecule has 1 fully saturated rings. The summed E-state index contributed by atoms with van der Waals surface area (Å²) in [5.74, 6) is -0.398. The lowest BCUT2D eigenvalue weighted by Crippen LogP contribution is -2.52. The number of aryl methyl sites for hydroxylation is 1. The zero-order chi connectivity index (χ0) is 17.6. The Balaban J connectivity index is 1.49. The topological polar surface area (TPSA) is 78.4 Å². The standard InChI is InChI=1S/C18H21N5O2/c1-14-4-2-5-15(12-14)13-21-16(24)17(25)22-8-10-23(11-9-22)18-19-6-3-7-20-18/h2-7,12H,8-11,13H2,1H3,(H,21,24). The second-order valence-corrected chi connectivity index (χ2v) is 6.00. The van der Waals surface area contributed by atoms with Gasteiger partial charge in [0.1, 0.15) is 0 Å². The summed E-state index contributed by atoms with van der Waals surface area (Å²) in [6.07, 6.45) is 3.39. The molecule has 2 amide bonds. The first kappa shape index (κ1) is 16.9. The first-order valence-corrected chi connectivity index (χ1v) is 8.28. The van der Waals surface area contributed by atoms with E-state index in [1.165, 1.54) is 0 Å². The predicted octanol–water partition coefficient (Wildman–Crippen LogP) is 0.750. The van der Waals surface area contributed by atoms with Crippen molar-refractivity contribution in [3.63, 3.8) is 0 Å². The molecule has 2 aromatic rings. The van der Waals surface area contributed by atoms with Gasteiger partial charge in [-0.05, 0) is 18.6 Å². The second kappa shape index (κ2) is 7.74. The molecule has 0 atom stereocenters. The maximum absolute atomic E-state index is 12.3. The maximum atomic E-state index is 12.3. The number of hydrogen-bond acceptors (Lipinski definition) is 5. The van der Waals surface area contributed by atoms with Gasteiger partial charge < -0.3 is 15.1 Å². The Kier molecular flexibility index (Phi) is 5.23. The van der Waals surface area contributed by atoms with Crippen molar-refractivity contribution in [3.8, 4) is 0 Å². The van der Waals surface area contributed by atoms with Crippen molar-refractivity contribution in [2.75, 3.05) is 31.1 Å². The Morgan fingerprint density at radius 1 is 1.08 bits per heavy atom. The molecule has 1 aliphatic heterocycles. The van der Waals surface area contributed by atoms with Gasteiger partial charge in [0.15, 0.2) is 0 Å². The summed E-state index contributed by atoms with van der Waals surface area (Å²) in [6, 6.07) is 9.61. The number of carbonyl (C=O) groups excluding carboxylic acids is 2. The van der Waals surface area contributed by atoms with E-state index >= 15 is 0 Å². The number of benzene rings is 1. The number of nitrogens with zero attached hydrogens (tertiary/aromatic N) is 4. The molecule has 130 valence electrons. The van der Waals surface area contributed by atoms with Gasteiger partial charge in [0.05, 0.1) is 0 Å². The van der Waals surface area contributed by atoms with E-state index in [2.05, 4.69) is 15.3 Å². The van der Waals surface area contributed by atoms with Crippen molar-refractivity contribution >= 4 is 17.8 Å². The summed E-state index contributed by atoms with van der Waals surface area (Å²) in [7, 11) is 0. The maximum Gasteiger partial charge on any atom is 0.312 e. The van der Waals surface area contributed by atoms with Crippen LogP contribution in [0.25, 0.3) is 0 Å². The van der Waals surface area contributed by atoms with Gasteiger partial charge in [-0.3, -0.25) is 9.59 Å². The Morgan fingerprint density at radius 2 is 1.80 bits per heavy atom. The largest absolute Gasteiger partial charge is 0.344 e. The number of amides is 2. The minimum Gasteiger partial charge on any atom is -0.344 e. The predicted molar refractivity (Wildman–Crippen MR) is 93.9 cm³/mol. The Hall–Kier alpha value is -2.96. The zero-order valence-electron chi connectivity index (χ0n) is 14.2. The van der Waals surface area contributed by atoms with Crippen LogP contribution < -0.4 is 10.2 Å². The summed E-state index contributed by atoms with van der Waals surface area (Å²) < 4.78 is 0.